The van der Waals surface area contributed by atoms with Crippen LogP contribution in [0.15, 0.2) is 48.5 Å². The highest BCUT2D eigenvalue weighted by Gasteiger charge is 2.00. The number of ether oxygens (including phenoxy) is 1. The third kappa shape index (κ3) is 4.75. The molecule has 0 saturated heterocycles. The molecule has 0 bridgehead atoms. The van der Waals surface area contributed by atoms with Gasteiger partial charge in [-0.15, -0.1) is 0 Å². The van der Waals surface area contributed by atoms with E-state index in [1.54, 1.807) is 6.07 Å². The summed E-state index contributed by atoms with van der Waals surface area (Å²) < 4.78 is 5.58. The topological polar surface area (TPSA) is 21.3 Å². The lowest BCUT2D eigenvalue weighted by atomic mass is 10.2. The van der Waals surface area contributed by atoms with E-state index in [0.717, 1.165) is 17.9 Å². The number of hydrogen-bond acceptors (Lipinski definition) is 2. The molecule has 1 N–H and O–H groups in total. The predicted molar refractivity (Wildman–Crippen MR) is 80.1 cm³/mol. The quantitative estimate of drug-likeness (QED) is 0.808. The molecule has 0 unspecified atom stereocenters. The van der Waals surface area contributed by atoms with Gasteiger partial charge in [-0.05, 0) is 29.8 Å². The molecule has 0 heterocycles. The molecule has 4 heteroatoms. The zero-order valence-corrected chi connectivity index (χ0v) is 11.9. The van der Waals surface area contributed by atoms with Crippen LogP contribution in [-0.4, -0.2) is 13.2 Å². The molecule has 0 radical (unpaired) electrons. The van der Waals surface area contributed by atoms with E-state index < -0.39 is 0 Å². The maximum atomic E-state index is 6.08. The zero-order valence-electron chi connectivity index (χ0n) is 10.4. The molecule has 2 aromatic rings. The summed E-state index contributed by atoms with van der Waals surface area (Å²) in [6, 6.07) is 15.3. The highest BCUT2D eigenvalue weighted by molar-refractivity contribution is 6.35. The Morgan fingerprint density at radius 1 is 1.00 bits per heavy atom. The standard InChI is InChI=1S/C15H15Cl2NO/c16-13-7-6-12(15(17)10-13)11-18-8-9-19-14-4-2-1-3-5-14/h1-7,10,18H,8-9,11H2. The van der Waals surface area contributed by atoms with Gasteiger partial charge in [-0.1, -0.05) is 47.5 Å². The fourth-order valence-electron chi connectivity index (χ4n) is 1.65. The largest absolute Gasteiger partial charge is 0.492 e. The van der Waals surface area contributed by atoms with Gasteiger partial charge in [0.1, 0.15) is 12.4 Å². The van der Waals surface area contributed by atoms with Crippen LogP contribution in [0, 0.1) is 0 Å². The number of nitrogens with one attached hydrogen (secondary N) is 1. The molecular weight excluding hydrogens is 281 g/mol. The first kappa shape index (κ1) is 14.2. The average Bonchev–Trinajstić information content (AvgIpc) is 2.42. The second-order valence-corrected chi connectivity index (χ2v) is 4.92. The Kier molecular flexibility index (Phi) is 5.52. The van der Waals surface area contributed by atoms with E-state index >= 15 is 0 Å². The number of halogens is 2. The van der Waals surface area contributed by atoms with E-state index in [1.165, 1.54) is 0 Å². The van der Waals surface area contributed by atoms with Crippen molar-refractivity contribution in [3.05, 3.63) is 64.1 Å². The molecule has 0 aliphatic heterocycles. The summed E-state index contributed by atoms with van der Waals surface area (Å²) in [5.74, 6) is 0.883. The molecule has 0 saturated carbocycles. The lowest BCUT2D eigenvalue weighted by Gasteiger charge is -2.08. The molecule has 0 aliphatic carbocycles. The van der Waals surface area contributed by atoms with Crippen LogP contribution in [0.1, 0.15) is 5.56 Å². The van der Waals surface area contributed by atoms with Gasteiger partial charge in [0.2, 0.25) is 0 Å². The smallest absolute Gasteiger partial charge is 0.119 e. The first-order valence-corrected chi connectivity index (χ1v) is 6.84. The van der Waals surface area contributed by atoms with Gasteiger partial charge in [0, 0.05) is 23.1 Å². The van der Waals surface area contributed by atoms with Crippen molar-refractivity contribution in [2.45, 2.75) is 6.54 Å². The summed E-state index contributed by atoms with van der Waals surface area (Å²) in [7, 11) is 0. The van der Waals surface area contributed by atoms with Crippen molar-refractivity contribution in [2.75, 3.05) is 13.2 Å². The summed E-state index contributed by atoms with van der Waals surface area (Å²) >= 11 is 11.9. The van der Waals surface area contributed by atoms with Gasteiger partial charge in [0.15, 0.2) is 0 Å². The van der Waals surface area contributed by atoms with Crippen LogP contribution in [0.25, 0.3) is 0 Å². The van der Waals surface area contributed by atoms with Crippen molar-refractivity contribution < 1.29 is 4.74 Å². The molecule has 0 fully saturated rings. The Hall–Kier alpha value is -1.22. The van der Waals surface area contributed by atoms with Crippen molar-refractivity contribution in [1.29, 1.82) is 0 Å². The second kappa shape index (κ2) is 7.39. The molecule has 0 aliphatic rings. The summed E-state index contributed by atoms with van der Waals surface area (Å²) in [5.41, 5.74) is 1.03. The van der Waals surface area contributed by atoms with Crippen molar-refractivity contribution in [3.8, 4) is 5.75 Å². The lowest BCUT2D eigenvalue weighted by Crippen LogP contribution is -2.20. The fraction of sp³-hybridized carbons (Fsp3) is 0.200. The lowest BCUT2D eigenvalue weighted by molar-refractivity contribution is 0.313. The van der Waals surface area contributed by atoms with E-state index in [2.05, 4.69) is 5.32 Å². The monoisotopic (exact) mass is 295 g/mol. The summed E-state index contributed by atoms with van der Waals surface area (Å²) in [5, 5.41) is 4.62. The first-order valence-electron chi connectivity index (χ1n) is 6.08. The number of hydrogen-bond donors (Lipinski definition) is 1. The van der Waals surface area contributed by atoms with Gasteiger partial charge < -0.3 is 10.1 Å². The SMILES string of the molecule is Clc1ccc(CNCCOc2ccccc2)c(Cl)c1. The van der Waals surface area contributed by atoms with Gasteiger partial charge in [-0.2, -0.15) is 0 Å². The minimum atomic E-state index is 0.620. The van der Waals surface area contributed by atoms with E-state index in [4.69, 9.17) is 27.9 Å². The fourth-order valence-corrected chi connectivity index (χ4v) is 2.12. The maximum Gasteiger partial charge on any atom is 0.119 e. The third-order valence-corrected chi connectivity index (χ3v) is 3.21. The van der Waals surface area contributed by atoms with Crippen molar-refractivity contribution in [1.82, 2.24) is 5.32 Å². The first-order chi connectivity index (χ1) is 9.25. The number of benzene rings is 2. The van der Waals surface area contributed by atoms with Gasteiger partial charge >= 0.3 is 0 Å². The molecule has 2 aromatic carbocycles. The Balaban J connectivity index is 1.69. The number of para-hydroxylation sites is 1. The minimum Gasteiger partial charge on any atom is -0.492 e. The Morgan fingerprint density at radius 3 is 2.53 bits per heavy atom. The maximum absolute atomic E-state index is 6.08. The molecular formula is C15H15Cl2NO. The molecule has 0 amide bonds. The summed E-state index contributed by atoms with van der Waals surface area (Å²) in [6.45, 7) is 2.08. The van der Waals surface area contributed by atoms with Gasteiger partial charge in [-0.3, -0.25) is 0 Å². The van der Waals surface area contributed by atoms with Crippen molar-refractivity contribution in [2.24, 2.45) is 0 Å². The van der Waals surface area contributed by atoms with E-state index in [-0.39, 0.29) is 0 Å². The summed E-state index contributed by atoms with van der Waals surface area (Å²) in [4.78, 5) is 0. The summed E-state index contributed by atoms with van der Waals surface area (Å²) in [6.07, 6.45) is 0. The van der Waals surface area contributed by atoms with Crippen LogP contribution in [0.4, 0.5) is 0 Å². The molecule has 100 valence electrons. The normalized spacial score (nSPS) is 10.4. The highest BCUT2D eigenvalue weighted by Crippen LogP contribution is 2.20. The molecule has 0 atom stereocenters. The van der Waals surface area contributed by atoms with Crippen LogP contribution in [0.5, 0.6) is 5.75 Å². The molecule has 19 heavy (non-hydrogen) atoms. The zero-order chi connectivity index (χ0) is 13.5. The Bertz CT molecular complexity index is 517. The van der Waals surface area contributed by atoms with Gasteiger partial charge in [0.25, 0.3) is 0 Å². The molecule has 2 rings (SSSR count). The van der Waals surface area contributed by atoms with Crippen molar-refractivity contribution >= 4 is 23.2 Å². The molecule has 0 spiro atoms. The average molecular weight is 296 g/mol. The number of rotatable bonds is 6. The van der Waals surface area contributed by atoms with Crippen LogP contribution in [-0.2, 0) is 6.54 Å². The van der Waals surface area contributed by atoms with Gasteiger partial charge in [-0.25, -0.2) is 0 Å². The second-order valence-electron chi connectivity index (χ2n) is 4.07. The third-order valence-electron chi connectivity index (χ3n) is 2.62. The highest BCUT2D eigenvalue weighted by atomic mass is 35.5. The van der Waals surface area contributed by atoms with Crippen LogP contribution >= 0.6 is 23.2 Å². The predicted octanol–water partition coefficient (Wildman–Crippen LogP) is 4.16. The van der Waals surface area contributed by atoms with Gasteiger partial charge in [0.05, 0.1) is 0 Å². The molecule has 0 aromatic heterocycles. The van der Waals surface area contributed by atoms with Crippen LogP contribution in [0.2, 0.25) is 10.0 Å². The van der Waals surface area contributed by atoms with Crippen LogP contribution in [0.3, 0.4) is 0 Å². The minimum absolute atomic E-state index is 0.620. The van der Waals surface area contributed by atoms with E-state index in [1.807, 2.05) is 42.5 Å². The van der Waals surface area contributed by atoms with E-state index in [9.17, 15) is 0 Å². The van der Waals surface area contributed by atoms with E-state index in [0.29, 0.717) is 23.2 Å². The Morgan fingerprint density at radius 2 is 1.79 bits per heavy atom. The molecule has 2 nitrogen and oxygen atoms in total. The van der Waals surface area contributed by atoms with Crippen LogP contribution < -0.4 is 10.1 Å². The van der Waals surface area contributed by atoms with Crippen molar-refractivity contribution in [3.63, 3.8) is 0 Å². The Labute approximate surface area is 123 Å².